The van der Waals surface area contributed by atoms with Gasteiger partial charge in [-0.15, -0.1) is 0 Å². The van der Waals surface area contributed by atoms with Crippen LogP contribution in [0.25, 0.3) is 0 Å². The van der Waals surface area contributed by atoms with Crippen molar-refractivity contribution in [3.8, 4) is 5.75 Å². The van der Waals surface area contributed by atoms with Crippen LogP contribution in [0.5, 0.6) is 5.75 Å². The third-order valence-electron chi connectivity index (χ3n) is 3.84. The second kappa shape index (κ2) is 7.80. The molecule has 0 fully saturated rings. The van der Waals surface area contributed by atoms with Gasteiger partial charge in [-0.1, -0.05) is 0 Å². The molecule has 0 aromatic heterocycles. The van der Waals surface area contributed by atoms with E-state index in [-0.39, 0.29) is 18.2 Å². The molecule has 30 heavy (non-hydrogen) atoms. The topological polar surface area (TPSA) is 86.7 Å². The summed E-state index contributed by atoms with van der Waals surface area (Å²) < 4.78 is 103. The fraction of sp³-hybridized carbons (Fsp3) is 0.235. The monoisotopic (exact) mass is 456 g/mol. The van der Waals surface area contributed by atoms with Crippen molar-refractivity contribution in [3.05, 3.63) is 53.1 Å². The highest BCUT2D eigenvalue weighted by Gasteiger charge is 2.37. The molecule has 0 aliphatic heterocycles. The molecule has 0 spiro atoms. The van der Waals surface area contributed by atoms with Crippen LogP contribution < -0.4 is 5.32 Å². The fourth-order valence-corrected chi connectivity index (χ4v) is 3.22. The van der Waals surface area contributed by atoms with Gasteiger partial charge in [0.15, 0.2) is 0 Å². The number of rotatable bonds is 4. The summed E-state index contributed by atoms with van der Waals surface area (Å²) in [5.41, 5.74) is -4.81. The lowest BCUT2D eigenvalue weighted by atomic mass is 10.1. The molecule has 2 N–H and O–H groups in total. The number of nitrogens with zero attached hydrogens (tertiary/aromatic N) is 1. The van der Waals surface area contributed by atoms with Gasteiger partial charge in [-0.2, -0.15) is 26.3 Å². The number of sulfonamides is 1. The Morgan fingerprint density at radius 1 is 0.933 bits per heavy atom. The first-order valence-electron chi connectivity index (χ1n) is 7.90. The summed E-state index contributed by atoms with van der Waals surface area (Å²) in [6.45, 7) is 0. The highest BCUT2D eigenvalue weighted by atomic mass is 32.2. The van der Waals surface area contributed by atoms with Gasteiger partial charge in [0.1, 0.15) is 5.75 Å². The van der Waals surface area contributed by atoms with Crippen LogP contribution in [0.15, 0.2) is 41.3 Å². The Morgan fingerprint density at radius 3 is 1.87 bits per heavy atom. The van der Waals surface area contributed by atoms with Gasteiger partial charge >= 0.3 is 12.4 Å². The van der Waals surface area contributed by atoms with Crippen molar-refractivity contribution in [2.75, 3.05) is 19.4 Å². The average Bonchev–Trinajstić information content (AvgIpc) is 2.59. The molecular weight excluding hydrogens is 442 g/mol. The van der Waals surface area contributed by atoms with E-state index in [0.717, 1.165) is 22.5 Å². The third-order valence-corrected chi connectivity index (χ3v) is 5.65. The van der Waals surface area contributed by atoms with Gasteiger partial charge in [0.05, 0.1) is 21.6 Å². The van der Waals surface area contributed by atoms with Crippen LogP contribution in [-0.2, 0) is 22.4 Å². The van der Waals surface area contributed by atoms with E-state index in [2.05, 4.69) is 0 Å². The number of anilines is 1. The number of aromatic hydroxyl groups is 1. The minimum Gasteiger partial charge on any atom is -0.507 e. The maximum atomic E-state index is 12.9. The lowest BCUT2D eigenvalue weighted by molar-refractivity contribution is -0.143. The molecule has 13 heteroatoms. The Bertz CT molecular complexity index is 1050. The second-order valence-electron chi connectivity index (χ2n) is 6.22. The molecule has 2 aromatic carbocycles. The predicted molar refractivity (Wildman–Crippen MR) is 93.4 cm³/mol. The summed E-state index contributed by atoms with van der Waals surface area (Å²) in [4.78, 5) is 11.9. The zero-order valence-electron chi connectivity index (χ0n) is 15.3. The number of carbonyl (C=O) groups excluding carboxylic acids is 1. The van der Waals surface area contributed by atoms with Crippen LogP contribution >= 0.6 is 0 Å². The summed E-state index contributed by atoms with van der Waals surface area (Å²) in [5.74, 6) is -2.04. The van der Waals surface area contributed by atoms with Crippen molar-refractivity contribution in [2.45, 2.75) is 17.2 Å². The van der Waals surface area contributed by atoms with Gasteiger partial charge in [0.25, 0.3) is 5.91 Å². The van der Waals surface area contributed by atoms with Crippen LogP contribution in [0.2, 0.25) is 0 Å². The molecule has 0 saturated carbocycles. The number of phenolic OH excluding ortho intramolecular Hbond substituents is 1. The minimum atomic E-state index is -5.12. The SMILES string of the molecule is CN(C)S(=O)(=O)c1ccc(O)c(C(=O)Nc2cc(C(F)(F)F)cc(C(F)(F)F)c2)c1. The van der Waals surface area contributed by atoms with E-state index >= 15 is 0 Å². The first kappa shape index (κ1) is 23.5. The number of carbonyl (C=O) groups is 1. The average molecular weight is 456 g/mol. The van der Waals surface area contributed by atoms with Gasteiger partial charge in [-0.05, 0) is 36.4 Å². The summed E-state index contributed by atoms with van der Waals surface area (Å²) in [7, 11) is -1.63. The molecule has 2 aromatic rings. The molecule has 1 amide bonds. The highest BCUT2D eigenvalue weighted by molar-refractivity contribution is 7.89. The van der Waals surface area contributed by atoms with Crippen molar-refractivity contribution >= 4 is 21.6 Å². The Hall–Kier alpha value is -2.80. The van der Waals surface area contributed by atoms with Crippen molar-refractivity contribution < 1.29 is 44.7 Å². The largest absolute Gasteiger partial charge is 0.507 e. The maximum Gasteiger partial charge on any atom is 0.416 e. The van der Waals surface area contributed by atoms with Crippen LogP contribution in [0.1, 0.15) is 21.5 Å². The number of amides is 1. The predicted octanol–water partition coefficient (Wildman–Crippen LogP) is 3.93. The lowest BCUT2D eigenvalue weighted by Gasteiger charge is -2.16. The van der Waals surface area contributed by atoms with Crippen molar-refractivity contribution in [3.63, 3.8) is 0 Å². The van der Waals surface area contributed by atoms with E-state index in [0.29, 0.717) is 0 Å². The Balaban J connectivity index is 2.50. The number of alkyl halides is 6. The zero-order valence-corrected chi connectivity index (χ0v) is 16.1. The number of halogens is 6. The molecule has 0 saturated heterocycles. The summed E-state index contributed by atoms with van der Waals surface area (Å²) in [5, 5.41) is 11.7. The Kier molecular flexibility index (Phi) is 6.10. The van der Waals surface area contributed by atoms with Gasteiger partial charge in [-0.25, -0.2) is 12.7 Å². The van der Waals surface area contributed by atoms with Crippen molar-refractivity contribution in [1.29, 1.82) is 0 Å². The van der Waals surface area contributed by atoms with E-state index < -0.39 is 61.3 Å². The first-order chi connectivity index (χ1) is 13.5. The molecule has 0 bridgehead atoms. The van der Waals surface area contributed by atoms with E-state index in [1.165, 1.54) is 14.1 Å². The van der Waals surface area contributed by atoms with E-state index in [1.54, 1.807) is 0 Å². The van der Waals surface area contributed by atoms with Gasteiger partial charge in [0.2, 0.25) is 10.0 Å². The summed E-state index contributed by atoms with van der Waals surface area (Å²) >= 11 is 0. The van der Waals surface area contributed by atoms with E-state index in [1.807, 2.05) is 5.32 Å². The van der Waals surface area contributed by atoms with Crippen LogP contribution in [0.4, 0.5) is 32.0 Å². The fourth-order valence-electron chi connectivity index (χ4n) is 2.29. The van der Waals surface area contributed by atoms with E-state index in [9.17, 15) is 44.7 Å². The molecule has 0 aliphatic rings. The van der Waals surface area contributed by atoms with Crippen LogP contribution in [-0.4, -0.2) is 37.8 Å². The summed E-state index contributed by atoms with van der Waals surface area (Å²) in [6, 6.07) is 3.04. The smallest absolute Gasteiger partial charge is 0.416 e. The minimum absolute atomic E-state index is 0.114. The van der Waals surface area contributed by atoms with Crippen LogP contribution in [0.3, 0.4) is 0 Å². The molecule has 6 nitrogen and oxygen atoms in total. The molecule has 0 aliphatic carbocycles. The molecule has 0 unspecified atom stereocenters. The van der Waals surface area contributed by atoms with Gasteiger partial charge in [-0.3, -0.25) is 4.79 Å². The lowest BCUT2D eigenvalue weighted by Crippen LogP contribution is -2.23. The van der Waals surface area contributed by atoms with Crippen LogP contribution in [0, 0.1) is 0 Å². The van der Waals surface area contributed by atoms with Gasteiger partial charge < -0.3 is 10.4 Å². The second-order valence-corrected chi connectivity index (χ2v) is 8.37. The molecule has 0 heterocycles. The first-order valence-corrected chi connectivity index (χ1v) is 9.34. The van der Waals surface area contributed by atoms with Gasteiger partial charge in [0, 0.05) is 19.8 Å². The normalized spacial score (nSPS) is 12.8. The van der Waals surface area contributed by atoms with Crippen molar-refractivity contribution in [2.24, 2.45) is 0 Å². The zero-order chi connectivity index (χ0) is 23.1. The molecule has 0 atom stereocenters. The highest BCUT2D eigenvalue weighted by Crippen LogP contribution is 2.37. The van der Waals surface area contributed by atoms with Crippen molar-refractivity contribution in [1.82, 2.24) is 4.31 Å². The quantitative estimate of drug-likeness (QED) is 0.683. The maximum absolute atomic E-state index is 12.9. The number of nitrogens with one attached hydrogen (secondary N) is 1. The molecular formula is C17H14F6N2O4S. The standard InChI is InChI=1S/C17H14F6N2O4S/c1-25(2)30(28,29)12-3-4-14(26)13(8-12)15(27)24-11-6-9(16(18,19)20)5-10(7-11)17(21,22)23/h3-8,26H,1-2H3,(H,24,27). The molecule has 2 rings (SSSR count). The Labute approximate surface area is 166 Å². The number of hydrogen-bond donors (Lipinski definition) is 2. The Morgan fingerprint density at radius 2 is 1.43 bits per heavy atom. The number of hydrogen-bond acceptors (Lipinski definition) is 4. The summed E-state index contributed by atoms with van der Waals surface area (Å²) in [6.07, 6.45) is -10.2. The van der Waals surface area contributed by atoms with E-state index in [4.69, 9.17) is 0 Å². The number of benzene rings is 2. The molecule has 164 valence electrons. The third kappa shape index (κ3) is 5.02. The molecule has 0 radical (unpaired) electrons. The number of phenols is 1.